The molecule has 0 saturated carbocycles. The van der Waals surface area contributed by atoms with Gasteiger partial charge in [0, 0.05) is 11.3 Å². The minimum atomic E-state index is -4.18. The van der Waals surface area contributed by atoms with Crippen molar-refractivity contribution >= 4 is 27.2 Å². The van der Waals surface area contributed by atoms with E-state index in [9.17, 15) is 8.42 Å². The maximum atomic E-state index is 10.8. The second-order valence-electron chi connectivity index (χ2n) is 3.26. The third-order valence-corrected chi connectivity index (χ3v) is 3.71. The van der Waals surface area contributed by atoms with Crippen molar-refractivity contribution in [3.8, 4) is 0 Å². The number of rotatable bonds is 3. The number of hydrogen-bond acceptors (Lipinski definition) is 5. The molecule has 0 amide bonds. The third kappa shape index (κ3) is 2.77. The van der Waals surface area contributed by atoms with E-state index >= 15 is 0 Å². The molecule has 0 fully saturated rings. The van der Waals surface area contributed by atoms with Crippen LogP contribution in [0, 0.1) is 5.92 Å². The van der Waals surface area contributed by atoms with E-state index in [0.717, 1.165) is 11.3 Å². The molecule has 0 saturated heterocycles. The first kappa shape index (κ1) is 12.2. The fourth-order valence-electron chi connectivity index (χ4n) is 1.04. The quantitative estimate of drug-likeness (QED) is 0.370. The molecule has 0 radical (unpaired) electrons. The largest absolute Gasteiger partial charge is 0.411 e. The standard InChI is InChI=1S/C8H11NO4S2/c1-5(2)8(9-10)7-3-6(4-14-7)15(11,12)13/h3-5,10H,1-2H3,(H,11,12,13)/b9-8+. The Balaban J connectivity index is 3.15. The predicted octanol–water partition coefficient (Wildman–Crippen LogP) is 1.83. The molecule has 2 N–H and O–H groups in total. The molecular weight excluding hydrogens is 238 g/mol. The normalized spacial score (nSPS) is 13.5. The van der Waals surface area contributed by atoms with Gasteiger partial charge in [-0.15, -0.1) is 11.3 Å². The summed E-state index contributed by atoms with van der Waals surface area (Å²) in [6.07, 6.45) is 0. The Morgan fingerprint density at radius 1 is 1.53 bits per heavy atom. The molecule has 5 nitrogen and oxygen atoms in total. The first-order valence-electron chi connectivity index (χ1n) is 4.14. The number of hydrogen-bond donors (Lipinski definition) is 2. The highest BCUT2D eigenvalue weighted by Crippen LogP contribution is 2.22. The molecule has 0 aliphatic carbocycles. The van der Waals surface area contributed by atoms with Crippen LogP contribution in [0.2, 0.25) is 0 Å². The summed E-state index contributed by atoms with van der Waals surface area (Å²) < 4.78 is 30.3. The molecule has 0 aromatic carbocycles. The van der Waals surface area contributed by atoms with E-state index in [1.807, 2.05) is 13.8 Å². The summed E-state index contributed by atoms with van der Waals surface area (Å²) in [6.45, 7) is 3.64. The molecule has 84 valence electrons. The van der Waals surface area contributed by atoms with Gasteiger partial charge in [0.05, 0.1) is 10.6 Å². The van der Waals surface area contributed by atoms with Gasteiger partial charge in [-0.25, -0.2) is 0 Å². The van der Waals surface area contributed by atoms with Crippen LogP contribution in [0.3, 0.4) is 0 Å². The smallest absolute Gasteiger partial charge is 0.295 e. The van der Waals surface area contributed by atoms with Crippen LogP contribution in [0.5, 0.6) is 0 Å². The van der Waals surface area contributed by atoms with Crippen LogP contribution in [0.4, 0.5) is 0 Å². The number of nitrogens with zero attached hydrogens (tertiary/aromatic N) is 1. The van der Waals surface area contributed by atoms with Crippen molar-refractivity contribution in [1.82, 2.24) is 0 Å². The van der Waals surface area contributed by atoms with Gasteiger partial charge in [-0.05, 0) is 6.07 Å². The minimum Gasteiger partial charge on any atom is -0.411 e. The predicted molar refractivity (Wildman–Crippen MR) is 57.3 cm³/mol. The second-order valence-corrected chi connectivity index (χ2v) is 5.59. The molecule has 0 unspecified atom stereocenters. The summed E-state index contributed by atoms with van der Waals surface area (Å²) in [6, 6.07) is 1.29. The molecule has 15 heavy (non-hydrogen) atoms. The second kappa shape index (κ2) is 4.30. The van der Waals surface area contributed by atoms with Gasteiger partial charge in [-0.1, -0.05) is 19.0 Å². The average Bonchev–Trinajstić information content (AvgIpc) is 2.52. The Labute approximate surface area is 91.8 Å². The Morgan fingerprint density at radius 3 is 2.47 bits per heavy atom. The van der Waals surface area contributed by atoms with Crippen LogP contribution < -0.4 is 0 Å². The molecule has 0 aliphatic rings. The van der Waals surface area contributed by atoms with Crippen molar-refractivity contribution in [3.05, 3.63) is 16.3 Å². The molecular formula is C8H11NO4S2. The lowest BCUT2D eigenvalue weighted by Crippen LogP contribution is -2.07. The molecule has 1 heterocycles. The third-order valence-electron chi connectivity index (χ3n) is 1.78. The van der Waals surface area contributed by atoms with Crippen LogP contribution in [0.25, 0.3) is 0 Å². The van der Waals surface area contributed by atoms with E-state index in [0.29, 0.717) is 10.6 Å². The van der Waals surface area contributed by atoms with Crippen molar-refractivity contribution in [3.63, 3.8) is 0 Å². The zero-order valence-electron chi connectivity index (χ0n) is 8.21. The van der Waals surface area contributed by atoms with Crippen LogP contribution >= 0.6 is 11.3 Å². The fourth-order valence-corrected chi connectivity index (χ4v) is 2.91. The zero-order chi connectivity index (χ0) is 11.6. The fraction of sp³-hybridized carbons (Fsp3) is 0.375. The summed E-state index contributed by atoms with van der Waals surface area (Å²) >= 11 is 1.11. The maximum Gasteiger partial charge on any atom is 0.295 e. The van der Waals surface area contributed by atoms with E-state index in [1.54, 1.807) is 0 Å². The average molecular weight is 249 g/mol. The van der Waals surface area contributed by atoms with Gasteiger partial charge in [0.15, 0.2) is 0 Å². The Morgan fingerprint density at radius 2 is 2.13 bits per heavy atom. The minimum absolute atomic E-state index is 0.0251. The van der Waals surface area contributed by atoms with E-state index in [-0.39, 0.29) is 10.8 Å². The zero-order valence-corrected chi connectivity index (χ0v) is 9.84. The lowest BCUT2D eigenvalue weighted by molar-refractivity contribution is 0.316. The van der Waals surface area contributed by atoms with Gasteiger partial charge in [0.1, 0.15) is 4.90 Å². The van der Waals surface area contributed by atoms with Gasteiger partial charge in [0.2, 0.25) is 0 Å². The summed E-state index contributed by atoms with van der Waals surface area (Å²) in [5.41, 5.74) is 0.398. The van der Waals surface area contributed by atoms with Gasteiger partial charge >= 0.3 is 0 Å². The van der Waals surface area contributed by atoms with Gasteiger partial charge in [0.25, 0.3) is 10.1 Å². The van der Waals surface area contributed by atoms with E-state index < -0.39 is 10.1 Å². The van der Waals surface area contributed by atoms with Crippen molar-refractivity contribution in [2.24, 2.45) is 11.1 Å². The van der Waals surface area contributed by atoms with E-state index in [4.69, 9.17) is 9.76 Å². The highest BCUT2D eigenvalue weighted by molar-refractivity contribution is 7.86. The summed E-state index contributed by atoms with van der Waals surface area (Å²) in [5, 5.41) is 13.2. The number of thiophene rings is 1. The summed E-state index contributed by atoms with van der Waals surface area (Å²) in [4.78, 5) is 0.351. The van der Waals surface area contributed by atoms with Crippen LogP contribution in [0.15, 0.2) is 21.5 Å². The van der Waals surface area contributed by atoms with Gasteiger partial charge < -0.3 is 5.21 Å². The van der Waals surface area contributed by atoms with Gasteiger partial charge in [-0.2, -0.15) is 8.42 Å². The first-order chi connectivity index (χ1) is 6.86. The Kier molecular flexibility index (Phi) is 3.48. The van der Waals surface area contributed by atoms with Crippen LogP contribution in [-0.4, -0.2) is 23.9 Å². The maximum absolute atomic E-state index is 10.8. The van der Waals surface area contributed by atoms with Gasteiger partial charge in [-0.3, -0.25) is 4.55 Å². The SMILES string of the molecule is CC(C)/C(=N\O)c1cc(S(=O)(=O)O)cs1. The topological polar surface area (TPSA) is 87.0 Å². The molecule has 0 atom stereocenters. The lowest BCUT2D eigenvalue weighted by Gasteiger charge is -2.03. The molecule has 7 heteroatoms. The molecule has 0 aliphatic heterocycles. The molecule has 1 aromatic rings. The highest BCUT2D eigenvalue weighted by Gasteiger charge is 2.17. The number of oxime groups is 1. The summed E-state index contributed by atoms with van der Waals surface area (Å²) in [5.74, 6) is -0.0251. The van der Waals surface area contributed by atoms with Crippen LogP contribution in [-0.2, 0) is 10.1 Å². The Hall–Kier alpha value is -0.920. The monoisotopic (exact) mass is 249 g/mol. The molecule has 0 spiro atoms. The van der Waals surface area contributed by atoms with E-state index in [1.165, 1.54) is 11.4 Å². The molecule has 1 aromatic heterocycles. The lowest BCUT2D eigenvalue weighted by atomic mass is 10.1. The van der Waals surface area contributed by atoms with Crippen molar-refractivity contribution in [2.75, 3.05) is 0 Å². The van der Waals surface area contributed by atoms with E-state index in [2.05, 4.69) is 5.16 Å². The van der Waals surface area contributed by atoms with Crippen molar-refractivity contribution in [2.45, 2.75) is 18.7 Å². The molecule has 0 bridgehead atoms. The van der Waals surface area contributed by atoms with Crippen LogP contribution in [0.1, 0.15) is 18.7 Å². The first-order valence-corrected chi connectivity index (χ1v) is 6.46. The van der Waals surface area contributed by atoms with Crippen molar-refractivity contribution in [1.29, 1.82) is 0 Å². The highest BCUT2D eigenvalue weighted by atomic mass is 32.2. The van der Waals surface area contributed by atoms with Crippen molar-refractivity contribution < 1.29 is 18.2 Å². The Bertz CT molecular complexity index is 473. The summed E-state index contributed by atoms with van der Waals surface area (Å²) in [7, 11) is -4.18. The molecule has 1 rings (SSSR count).